The zero-order valence-electron chi connectivity index (χ0n) is 10.0. The van der Waals surface area contributed by atoms with Gasteiger partial charge in [0, 0.05) is 18.6 Å². The van der Waals surface area contributed by atoms with E-state index in [0.717, 1.165) is 22.1 Å². The highest BCUT2D eigenvalue weighted by atomic mass is 35.5. The Morgan fingerprint density at radius 3 is 2.50 bits per heavy atom. The number of aromatic nitrogens is 6. The molecule has 0 saturated heterocycles. The summed E-state index contributed by atoms with van der Waals surface area (Å²) in [6.45, 7) is 0. The third kappa shape index (κ3) is 2.43. The van der Waals surface area contributed by atoms with Gasteiger partial charge in [-0.1, -0.05) is 23.2 Å². The van der Waals surface area contributed by atoms with Crippen LogP contribution in [0.2, 0.25) is 10.2 Å². The number of rotatable bonds is 0. The van der Waals surface area contributed by atoms with Crippen LogP contribution in [0.3, 0.4) is 0 Å². The van der Waals surface area contributed by atoms with Crippen LogP contribution in [0.1, 0.15) is 0 Å². The van der Waals surface area contributed by atoms with Crippen LogP contribution in [0.4, 0.5) is 0 Å². The van der Waals surface area contributed by atoms with Crippen LogP contribution < -0.4 is 0 Å². The Morgan fingerprint density at radius 1 is 0.900 bits per heavy atom. The molecule has 0 fully saturated rings. The van der Waals surface area contributed by atoms with Gasteiger partial charge in [-0.2, -0.15) is 0 Å². The Morgan fingerprint density at radius 2 is 1.70 bits per heavy atom. The molecule has 0 aromatic carbocycles. The molecule has 0 aliphatic carbocycles. The molecule has 6 nitrogen and oxygen atoms in total. The highest BCUT2D eigenvalue weighted by molar-refractivity contribution is 6.35. The van der Waals surface area contributed by atoms with Gasteiger partial charge in [0.15, 0.2) is 0 Å². The van der Waals surface area contributed by atoms with Crippen molar-refractivity contribution in [1.82, 2.24) is 29.9 Å². The van der Waals surface area contributed by atoms with Crippen molar-refractivity contribution < 1.29 is 0 Å². The van der Waals surface area contributed by atoms with Crippen LogP contribution in [0.15, 0.2) is 37.3 Å². The van der Waals surface area contributed by atoms with Crippen molar-refractivity contribution in [3.63, 3.8) is 0 Å². The van der Waals surface area contributed by atoms with E-state index in [4.69, 9.17) is 23.2 Å². The predicted octanol–water partition coefficient (Wildman–Crippen LogP) is 3.22. The summed E-state index contributed by atoms with van der Waals surface area (Å²) in [4.78, 5) is 21.4. The first-order chi connectivity index (χ1) is 9.75. The minimum atomic E-state index is 0.492. The van der Waals surface area contributed by atoms with Crippen LogP contribution in [-0.4, -0.2) is 29.9 Å². The molecule has 0 aliphatic rings. The molecular formula is C12H8Cl2N6. The van der Waals surface area contributed by atoms with Gasteiger partial charge >= 0.3 is 0 Å². The van der Waals surface area contributed by atoms with E-state index in [1.54, 1.807) is 18.6 Å². The SMILES string of the molecule is Clc1c[nH]c2ncncc12.Clc1ncnc2[nH]ccc12. The molecular weight excluding hydrogens is 299 g/mol. The van der Waals surface area contributed by atoms with Gasteiger partial charge in [0.2, 0.25) is 0 Å². The van der Waals surface area contributed by atoms with E-state index in [9.17, 15) is 0 Å². The quantitative estimate of drug-likeness (QED) is 0.489. The van der Waals surface area contributed by atoms with Crippen molar-refractivity contribution in [2.24, 2.45) is 0 Å². The summed E-state index contributed by atoms with van der Waals surface area (Å²) >= 11 is 11.5. The maximum Gasteiger partial charge on any atom is 0.142 e. The molecule has 0 radical (unpaired) electrons. The number of halogens is 2. The van der Waals surface area contributed by atoms with E-state index in [1.165, 1.54) is 12.7 Å². The van der Waals surface area contributed by atoms with Gasteiger partial charge in [0.05, 0.1) is 15.8 Å². The Bertz CT molecular complexity index is 847. The molecule has 20 heavy (non-hydrogen) atoms. The largest absolute Gasteiger partial charge is 0.346 e. The van der Waals surface area contributed by atoms with E-state index in [-0.39, 0.29) is 0 Å². The second-order valence-electron chi connectivity index (χ2n) is 3.83. The van der Waals surface area contributed by atoms with Crippen molar-refractivity contribution in [2.45, 2.75) is 0 Å². The first kappa shape index (κ1) is 12.8. The molecule has 4 heterocycles. The summed E-state index contributed by atoms with van der Waals surface area (Å²) in [6, 6.07) is 1.84. The van der Waals surface area contributed by atoms with E-state index in [1.807, 2.05) is 6.07 Å². The minimum absolute atomic E-state index is 0.492. The summed E-state index contributed by atoms with van der Waals surface area (Å²) in [7, 11) is 0. The minimum Gasteiger partial charge on any atom is -0.346 e. The predicted molar refractivity (Wildman–Crippen MR) is 77.8 cm³/mol. The Labute approximate surface area is 123 Å². The first-order valence-corrected chi connectivity index (χ1v) is 6.37. The van der Waals surface area contributed by atoms with Crippen LogP contribution in [0.5, 0.6) is 0 Å². The molecule has 0 saturated carbocycles. The fourth-order valence-corrected chi connectivity index (χ4v) is 2.06. The summed E-state index contributed by atoms with van der Waals surface area (Å²) in [5, 5.41) is 2.88. The second kappa shape index (κ2) is 5.44. The zero-order chi connectivity index (χ0) is 13.9. The van der Waals surface area contributed by atoms with Gasteiger partial charge in [-0.3, -0.25) is 0 Å². The summed E-state index contributed by atoms with van der Waals surface area (Å²) < 4.78 is 0. The van der Waals surface area contributed by atoms with Crippen molar-refractivity contribution in [2.75, 3.05) is 0 Å². The molecule has 0 unspecified atom stereocenters. The third-order valence-corrected chi connectivity index (χ3v) is 3.22. The molecule has 0 aliphatic heterocycles. The molecule has 100 valence electrons. The lowest BCUT2D eigenvalue weighted by Crippen LogP contribution is -1.79. The van der Waals surface area contributed by atoms with Gasteiger partial charge in [-0.25, -0.2) is 19.9 Å². The Hall–Kier alpha value is -2.18. The van der Waals surface area contributed by atoms with Crippen LogP contribution >= 0.6 is 23.2 Å². The van der Waals surface area contributed by atoms with E-state index < -0.39 is 0 Å². The maximum atomic E-state index is 5.76. The number of hydrogen-bond donors (Lipinski definition) is 2. The highest BCUT2D eigenvalue weighted by Crippen LogP contribution is 2.19. The van der Waals surface area contributed by atoms with Crippen molar-refractivity contribution >= 4 is 45.3 Å². The topological polar surface area (TPSA) is 83.1 Å². The molecule has 2 N–H and O–H groups in total. The number of nitrogens with zero attached hydrogens (tertiary/aromatic N) is 4. The fraction of sp³-hybridized carbons (Fsp3) is 0. The van der Waals surface area contributed by atoms with Gasteiger partial charge in [-0.15, -0.1) is 0 Å². The molecule has 0 atom stereocenters. The number of hydrogen-bond acceptors (Lipinski definition) is 4. The molecule has 4 aromatic rings. The van der Waals surface area contributed by atoms with E-state index in [0.29, 0.717) is 10.2 Å². The zero-order valence-corrected chi connectivity index (χ0v) is 11.5. The number of nitrogens with one attached hydrogen (secondary N) is 2. The van der Waals surface area contributed by atoms with Crippen molar-refractivity contribution in [3.05, 3.63) is 47.5 Å². The average Bonchev–Trinajstić information content (AvgIpc) is 3.08. The monoisotopic (exact) mass is 306 g/mol. The molecule has 0 amide bonds. The van der Waals surface area contributed by atoms with Gasteiger partial charge in [0.1, 0.15) is 29.1 Å². The van der Waals surface area contributed by atoms with Gasteiger partial charge < -0.3 is 9.97 Å². The molecule has 4 rings (SSSR count). The van der Waals surface area contributed by atoms with Crippen LogP contribution in [0, 0.1) is 0 Å². The average molecular weight is 307 g/mol. The summed E-state index contributed by atoms with van der Waals surface area (Å²) in [5.41, 5.74) is 1.56. The Kier molecular flexibility index (Phi) is 3.49. The van der Waals surface area contributed by atoms with Gasteiger partial charge in [-0.05, 0) is 6.07 Å². The number of H-pyrrole nitrogens is 2. The lowest BCUT2D eigenvalue weighted by molar-refractivity contribution is 1.20. The summed E-state index contributed by atoms with van der Waals surface area (Å²) in [6.07, 6.45) is 8.07. The molecule has 8 heteroatoms. The second-order valence-corrected chi connectivity index (χ2v) is 4.59. The smallest absolute Gasteiger partial charge is 0.142 e. The number of aromatic amines is 2. The Balaban J connectivity index is 0.000000121. The normalized spacial score (nSPS) is 10.5. The van der Waals surface area contributed by atoms with Crippen molar-refractivity contribution in [3.8, 4) is 0 Å². The van der Waals surface area contributed by atoms with E-state index >= 15 is 0 Å². The number of fused-ring (bicyclic) bond motifs is 2. The third-order valence-electron chi connectivity index (χ3n) is 2.61. The van der Waals surface area contributed by atoms with Crippen molar-refractivity contribution in [1.29, 1.82) is 0 Å². The highest BCUT2D eigenvalue weighted by Gasteiger charge is 1.99. The van der Waals surface area contributed by atoms with Crippen LogP contribution in [-0.2, 0) is 0 Å². The molecule has 4 aromatic heterocycles. The standard InChI is InChI=1S/2C6H4ClN3/c7-5-2-9-6-4(5)1-8-3-10-6;7-5-4-1-2-8-6(4)10-3-9-5/h2*1-3H,(H,8,9,10). The van der Waals surface area contributed by atoms with Gasteiger partial charge in [0.25, 0.3) is 0 Å². The lowest BCUT2D eigenvalue weighted by atomic mass is 10.4. The fourth-order valence-electron chi connectivity index (χ4n) is 1.67. The molecule has 0 bridgehead atoms. The summed E-state index contributed by atoms with van der Waals surface area (Å²) in [5.74, 6) is 0. The van der Waals surface area contributed by atoms with Crippen LogP contribution in [0.25, 0.3) is 22.1 Å². The maximum absolute atomic E-state index is 5.76. The lowest BCUT2D eigenvalue weighted by Gasteiger charge is -1.88. The van der Waals surface area contributed by atoms with E-state index in [2.05, 4.69) is 29.9 Å². The first-order valence-electron chi connectivity index (χ1n) is 5.62. The molecule has 0 spiro atoms.